The van der Waals surface area contributed by atoms with Gasteiger partial charge >= 0.3 is 11.9 Å². The van der Waals surface area contributed by atoms with Crippen LogP contribution in [-0.2, 0) is 23.8 Å². The minimum atomic E-state index is -0.534. The molecule has 0 aliphatic carbocycles. The first-order chi connectivity index (χ1) is 31.6. The molecule has 0 aliphatic rings. The molecule has 0 saturated heterocycles. The maximum Gasteiger partial charge on any atom is 0.306 e. The lowest BCUT2D eigenvalue weighted by atomic mass is 10.1. The summed E-state index contributed by atoms with van der Waals surface area (Å²) in [7, 11) is 0. The normalized spacial score (nSPS) is 12.4. The minimum absolute atomic E-state index is 0.0874. The summed E-state index contributed by atoms with van der Waals surface area (Å²) < 4.78 is 17.4. The van der Waals surface area contributed by atoms with E-state index in [0.29, 0.717) is 26.1 Å². The lowest BCUT2D eigenvalue weighted by Gasteiger charge is -2.18. The molecule has 0 heterocycles. The standard InChI is InChI=1S/C59H110O5/c1-4-7-10-13-16-19-22-24-26-28-30-32-34-36-38-40-43-46-49-52-58(60)63-56-57(55-62-54-51-48-45-42-21-18-15-12-9-6-3)64-59(61)53-50-47-44-41-39-37-35-33-31-29-27-25-23-20-17-14-11-8-5-2/h16,19,24-27,57H,4-15,17-18,20-23,28-56H2,1-3H3/b19-16-,26-24-,27-25-. The molecule has 0 bridgehead atoms. The lowest BCUT2D eigenvalue weighted by Crippen LogP contribution is -2.30. The Bertz CT molecular complexity index is 1020. The van der Waals surface area contributed by atoms with Crippen molar-refractivity contribution in [3.05, 3.63) is 36.5 Å². The highest BCUT2D eigenvalue weighted by atomic mass is 16.6. The number of rotatable bonds is 53. The molecule has 0 saturated carbocycles. The molecule has 0 aromatic carbocycles. The molecule has 0 aromatic heterocycles. The van der Waals surface area contributed by atoms with Crippen LogP contribution < -0.4 is 0 Å². The molecule has 0 fully saturated rings. The lowest BCUT2D eigenvalue weighted by molar-refractivity contribution is -0.163. The Kier molecular flexibility index (Phi) is 53.8. The predicted molar refractivity (Wildman–Crippen MR) is 279 cm³/mol. The third-order valence-corrected chi connectivity index (χ3v) is 12.6. The van der Waals surface area contributed by atoms with E-state index in [0.717, 1.165) is 38.5 Å². The second-order valence-corrected chi connectivity index (χ2v) is 19.2. The van der Waals surface area contributed by atoms with Crippen LogP contribution in [0.5, 0.6) is 0 Å². The molecule has 0 N–H and O–H groups in total. The first kappa shape index (κ1) is 62.1. The Morgan fingerprint density at radius 2 is 0.656 bits per heavy atom. The van der Waals surface area contributed by atoms with E-state index < -0.39 is 6.10 Å². The summed E-state index contributed by atoms with van der Waals surface area (Å²) in [6.45, 7) is 7.84. The summed E-state index contributed by atoms with van der Waals surface area (Å²) in [4.78, 5) is 25.5. The van der Waals surface area contributed by atoms with Gasteiger partial charge in [0.2, 0.25) is 0 Å². The van der Waals surface area contributed by atoms with E-state index >= 15 is 0 Å². The van der Waals surface area contributed by atoms with Crippen molar-refractivity contribution in [3.63, 3.8) is 0 Å². The van der Waals surface area contributed by atoms with Crippen molar-refractivity contribution in [3.8, 4) is 0 Å². The smallest absolute Gasteiger partial charge is 0.306 e. The van der Waals surface area contributed by atoms with Gasteiger partial charge in [-0.2, -0.15) is 0 Å². The molecule has 5 heteroatoms. The van der Waals surface area contributed by atoms with E-state index in [1.807, 2.05) is 0 Å². The van der Waals surface area contributed by atoms with Gasteiger partial charge in [-0.3, -0.25) is 9.59 Å². The number of allylic oxidation sites excluding steroid dienone is 6. The molecule has 5 nitrogen and oxygen atoms in total. The van der Waals surface area contributed by atoms with Crippen molar-refractivity contribution >= 4 is 11.9 Å². The molecule has 0 radical (unpaired) electrons. The zero-order valence-corrected chi connectivity index (χ0v) is 43.3. The molecular weight excluding hydrogens is 789 g/mol. The number of esters is 2. The Morgan fingerprint density at radius 3 is 1.08 bits per heavy atom. The van der Waals surface area contributed by atoms with Gasteiger partial charge in [0.25, 0.3) is 0 Å². The SMILES string of the molecule is CCCCC/C=C\C/C=C\CCCCCCCCCCCC(=O)OCC(COCCCCCCCCCCCC)OC(=O)CCCCCCCCCCC/C=C\CCCCCCCC. The van der Waals surface area contributed by atoms with Gasteiger partial charge in [0.1, 0.15) is 6.61 Å². The van der Waals surface area contributed by atoms with Crippen molar-refractivity contribution in [2.45, 2.75) is 309 Å². The van der Waals surface area contributed by atoms with Crippen LogP contribution in [0.3, 0.4) is 0 Å². The van der Waals surface area contributed by atoms with Gasteiger partial charge < -0.3 is 14.2 Å². The summed E-state index contributed by atoms with van der Waals surface area (Å²) >= 11 is 0. The minimum Gasteiger partial charge on any atom is -0.462 e. The summed E-state index contributed by atoms with van der Waals surface area (Å²) in [6.07, 6.45) is 67.3. The van der Waals surface area contributed by atoms with Gasteiger partial charge in [0, 0.05) is 19.4 Å². The van der Waals surface area contributed by atoms with Gasteiger partial charge in [0.15, 0.2) is 6.10 Å². The van der Waals surface area contributed by atoms with Crippen LogP contribution in [0.4, 0.5) is 0 Å². The van der Waals surface area contributed by atoms with E-state index in [2.05, 4.69) is 57.2 Å². The highest BCUT2D eigenvalue weighted by Gasteiger charge is 2.17. The molecular formula is C59H110O5. The third kappa shape index (κ3) is 52.7. The van der Waals surface area contributed by atoms with E-state index in [1.54, 1.807) is 0 Å². The number of carbonyl (C=O) groups excluding carboxylic acids is 2. The Labute approximate surface area is 400 Å². The molecule has 1 unspecified atom stereocenters. The summed E-state index contributed by atoms with van der Waals surface area (Å²) in [6, 6.07) is 0. The van der Waals surface area contributed by atoms with E-state index in [4.69, 9.17) is 14.2 Å². The summed E-state index contributed by atoms with van der Waals surface area (Å²) in [5.74, 6) is -0.388. The molecule has 0 spiro atoms. The Morgan fingerprint density at radius 1 is 0.344 bits per heavy atom. The quantitative estimate of drug-likeness (QED) is 0.0346. The summed E-state index contributed by atoms with van der Waals surface area (Å²) in [5.41, 5.74) is 0. The first-order valence-corrected chi connectivity index (χ1v) is 28.5. The highest BCUT2D eigenvalue weighted by molar-refractivity contribution is 5.70. The number of carbonyl (C=O) groups is 2. The fourth-order valence-electron chi connectivity index (χ4n) is 8.36. The fourth-order valence-corrected chi connectivity index (χ4v) is 8.36. The Balaban J connectivity index is 4.16. The van der Waals surface area contributed by atoms with Gasteiger partial charge in [-0.1, -0.05) is 250 Å². The molecule has 0 aromatic rings. The van der Waals surface area contributed by atoms with Gasteiger partial charge in [-0.25, -0.2) is 0 Å². The predicted octanol–water partition coefficient (Wildman–Crippen LogP) is 19.4. The number of ether oxygens (including phenoxy) is 3. The van der Waals surface area contributed by atoms with E-state index in [1.165, 1.54) is 231 Å². The van der Waals surface area contributed by atoms with Crippen LogP contribution in [0, 0.1) is 0 Å². The maximum absolute atomic E-state index is 12.8. The molecule has 0 aliphatic heterocycles. The zero-order chi connectivity index (χ0) is 46.3. The van der Waals surface area contributed by atoms with Crippen LogP contribution in [0.1, 0.15) is 303 Å². The van der Waals surface area contributed by atoms with Crippen LogP contribution in [0.2, 0.25) is 0 Å². The van der Waals surface area contributed by atoms with E-state index in [-0.39, 0.29) is 18.5 Å². The van der Waals surface area contributed by atoms with Crippen molar-refractivity contribution in [1.82, 2.24) is 0 Å². The second kappa shape index (κ2) is 55.4. The highest BCUT2D eigenvalue weighted by Crippen LogP contribution is 2.16. The maximum atomic E-state index is 12.8. The van der Waals surface area contributed by atoms with E-state index in [9.17, 15) is 9.59 Å². The number of unbranched alkanes of at least 4 members (excludes halogenated alkanes) is 36. The zero-order valence-electron chi connectivity index (χ0n) is 43.3. The molecule has 64 heavy (non-hydrogen) atoms. The van der Waals surface area contributed by atoms with Crippen LogP contribution in [0.25, 0.3) is 0 Å². The fraction of sp³-hybridized carbons (Fsp3) is 0.864. The number of hydrogen-bond acceptors (Lipinski definition) is 5. The van der Waals surface area contributed by atoms with Gasteiger partial charge in [-0.05, 0) is 77.0 Å². The third-order valence-electron chi connectivity index (χ3n) is 12.6. The monoisotopic (exact) mass is 899 g/mol. The van der Waals surface area contributed by atoms with Crippen molar-refractivity contribution < 1.29 is 23.8 Å². The largest absolute Gasteiger partial charge is 0.462 e. The molecule has 376 valence electrons. The van der Waals surface area contributed by atoms with Crippen molar-refractivity contribution in [2.24, 2.45) is 0 Å². The molecule has 0 amide bonds. The van der Waals surface area contributed by atoms with Crippen molar-refractivity contribution in [2.75, 3.05) is 19.8 Å². The van der Waals surface area contributed by atoms with Gasteiger partial charge in [0.05, 0.1) is 6.61 Å². The first-order valence-electron chi connectivity index (χ1n) is 28.5. The average Bonchev–Trinajstić information content (AvgIpc) is 3.30. The van der Waals surface area contributed by atoms with Crippen LogP contribution in [-0.4, -0.2) is 37.9 Å². The van der Waals surface area contributed by atoms with Crippen LogP contribution >= 0.6 is 0 Å². The summed E-state index contributed by atoms with van der Waals surface area (Å²) in [5, 5.41) is 0. The van der Waals surface area contributed by atoms with Crippen molar-refractivity contribution in [1.29, 1.82) is 0 Å². The number of hydrogen-bond donors (Lipinski definition) is 0. The van der Waals surface area contributed by atoms with Gasteiger partial charge in [-0.15, -0.1) is 0 Å². The molecule has 0 rings (SSSR count). The second-order valence-electron chi connectivity index (χ2n) is 19.2. The Hall–Kier alpha value is -1.88. The topological polar surface area (TPSA) is 61.8 Å². The molecule has 1 atom stereocenters. The van der Waals surface area contributed by atoms with Crippen LogP contribution in [0.15, 0.2) is 36.5 Å². The average molecular weight is 900 g/mol.